The standard InChI is InChI=1S/C12H20P2/c1-13(2)11-9-7-5-6-8-10(9)12(11)14(3)4/h5-12H,1-4H3/t9-,10+,11-,12-/m1/s1. The molecule has 2 aliphatic rings. The Bertz CT molecular complexity index is 237. The first-order valence-corrected chi connectivity index (χ1v) is 9.92. The summed E-state index contributed by atoms with van der Waals surface area (Å²) in [7, 11) is 0.481. The molecule has 2 rings (SSSR count). The zero-order chi connectivity index (χ0) is 10.3. The molecular weight excluding hydrogens is 206 g/mol. The van der Waals surface area contributed by atoms with Gasteiger partial charge in [0.2, 0.25) is 0 Å². The van der Waals surface area contributed by atoms with Crippen molar-refractivity contribution in [2.45, 2.75) is 11.3 Å². The van der Waals surface area contributed by atoms with Gasteiger partial charge in [0, 0.05) is 0 Å². The van der Waals surface area contributed by atoms with Crippen molar-refractivity contribution in [3.63, 3.8) is 0 Å². The van der Waals surface area contributed by atoms with Crippen molar-refractivity contribution in [2.75, 3.05) is 26.7 Å². The summed E-state index contributed by atoms with van der Waals surface area (Å²) in [6.45, 7) is 9.81. The molecule has 0 saturated heterocycles. The van der Waals surface area contributed by atoms with Gasteiger partial charge in [-0.05, 0) is 49.8 Å². The molecule has 2 heteroatoms. The van der Waals surface area contributed by atoms with Gasteiger partial charge in [0.1, 0.15) is 0 Å². The third-order valence-electron chi connectivity index (χ3n) is 3.55. The molecule has 0 radical (unpaired) electrons. The average molecular weight is 226 g/mol. The lowest BCUT2D eigenvalue weighted by atomic mass is 9.70. The van der Waals surface area contributed by atoms with Crippen LogP contribution in [0.25, 0.3) is 0 Å². The molecule has 4 atom stereocenters. The van der Waals surface area contributed by atoms with Crippen LogP contribution < -0.4 is 0 Å². The van der Waals surface area contributed by atoms with E-state index in [1.165, 1.54) is 0 Å². The van der Waals surface area contributed by atoms with Gasteiger partial charge in [-0.3, -0.25) is 0 Å². The first-order valence-electron chi connectivity index (χ1n) is 5.31. The van der Waals surface area contributed by atoms with Gasteiger partial charge in [0.15, 0.2) is 0 Å². The molecule has 0 spiro atoms. The molecule has 0 unspecified atom stereocenters. The number of rotatable bonds is 2. The maximum atomic E-state index is 2.45. The zero-order valence-corrected chi connectivity index (χ0v) is 11.3. The zero-order valence-electron chi connectivity index (χ0n) is 9.51. The van der Waals surface area contributed by atoms with E-state index in [1.807, 2.05) is 0 Å². The fourth-order valence-corrected chi connectivity index (χ4v) is 8.13. The van der Waals surface area contributed by atoms with Crippen LogP contribution in [0.4, 0.5) is 0 Å². The van der Waals surface area contributed by atoms with Gasteiger partial charge in [0.25, 0.3) is 0 Å². The molecule has 0 aliphatic heterocycles. The molecule has 1 saturated carbocycles. The second kappa shape index (κ2) is 4.07. The number of hydrogen-bond donors (Lipinski definition) is 0. The summed E-state index contributed by atoms with van der Waals surface area (Å²) < 4.78 is 0. The number of fused-ring (bicyclic) bond motifs is 1. The molecule has 14 heavy (non-hydrogen) atoms. The Kier molecular flexibility index (Phi) is 3.15. The minimum Gasteiger partial charge on any atom is -0.109 e. The molecule has 0 amide bonds. The predicted octanol–water partition coefficient (Wildman–Crippen LogP) is 3.58. The lowest BCUT2D eigenvalue weighted by Gasteiger charge is -2.55. The summed E-state index contributed by atoms with van der Waals surface area (Å²) in [6, 6.07) is 0. The van der Waals surface area contributed by atoms with Crippen molar-refractivity contribution in [3.05, 3.63) is 24.3 Å². The molecule has 0 aromatic rings. The van der Waals surface area contributed by atoms with E-state index in [0.717, 1.165) is 23.2 Å². The molecule has 0 nitrogen and oxygen atoms in total. The summed E-state index contributed by atoms with van der Waals surface area (Å²) in [5.74, 6) is 1.77. The highest BCUT2D eigenvalue weighted by atomic mass is 31.1. The van der Waals surface area contributed by atoms with Gasteiger partial charge >= 0.3 is 0 Å². The van der Waals surface area contributed by atoms with Crippen molar-refractivity contribution >= 4 is 15.8 Å². The molecule has 0 bridgehead atoms. The summed E-state index contributed by atoms with van der Waals surface area (Å²) in [4.78, 5) is 0. The predicted molar refractivity (Wildman–Crippen MR) is 70.4 cm³/mol. The summed E-state index contributed by atoms with van der Waals surface area (Å²) >= 11 is 0. The monoisotopic (exact) mass is 226 g/mol. The quantitative estimate of drug-likeness (QED) is 0.631. The second-order valence-corrected chi connectivity index (χ2v) is 9.88. The van der Waals surface area contributed by atoms with Crippen molar-refractivity contribution in [1.82, 2.24) is 0 Å². The smallest absolute Gasteiger partial charge is 0.00718 e. The van der Waals surface area contributed by atoms with Crippen LogP contribution in [0.2, 0.25) is 0 Å². The average Bonchev–Trinajstić information content (AvgIpc) is 2.05. The van der Waals surface area contributed by atoms with Gasteiger partial charge in [-0.25, -0.2) is 0 Å². The van der Waals surface area contributed by atoms with Crippen LogP contribution in [0, 0.1) is 11.8 Å². The van der Waals surface area contributed by atoms with Crippen LogP contribution >= 0.6 is 15.8 Å². The third-order valence-corrected chi connectivity index (χ3v) is 7.50. The van der Waals surface area contributed by atoms with Crippen LogP contribution in [0.1, 0.15) is 0 Å². The Balaban J connectivity index is 2.17. The SMILES string of the molecule is CP(C)[C@@H]1[C@@H]2C=CC=C[C@@H]2[C@H]1P(C)C. The van der Waals surface area contributed by atoms with E-state index in [1.54, 1.807) is 0 Å². The van der Waals surface area contributed by atoms with Crippen molar-refractivity contribution in [2.24, 2.45) is 11.8 Å². The Morgan fingerprint density at radius 2 is 1.07 bits per heavy atom. The Morgan fingerprint density at radius 1 is 0.714 bits per heavy atom. The van der Waals surface area contributed by atoms with E-state index in [9.17, 15) is 0 Å². The van der Waals surface area contributed by atoms with Gasteiger partial charge < -0.3 is 0 Å². The minimum absolute atomic E-state index is 0.241. The van der Waals surface area contributed by atoms with Crippen molar-refractivity contribution < 1.29 is 0 Å². The highest BCUT2D eigenvalue weighted by molar-refractivity contribution is 7.61. The van der Waals surface area contributed by atoms with Gasteiger partial charge in [0.05, 0.1) is 0 Å². The first-order chi connectivity index (χ1) is 6.63. The summed E-state index contributed by atoms with van der Waals surface area (Å²) in [5, 5.41) is 0. The van der Waals surface area contributed by atoms with Gasteiger partial charge in [-0.2, -0.15) is 0 Å². The number of hydrogen-bond acceptors (Lipinski definition) is 0. The highest BCUT2D eigenvalue weighted by Gasteiger charge is 2.50. The molecular formula is C12H20P2. The fourth-order valence-electron chi connectivity index (χ4n) is 2.93. The Labute approximate surface area is 90.4 Å². The van der Waals surface area contributed by atoms with Crippen LogP contribution in [-0.4, -0.2) is 38.0 Å². The molecule has 0 aromatic heterocycles. The molecule has 0 heterocycles. The van der Waals surface area contributed by atoms with Crippen molar-refractivity contribution in [1.29, 1.82) is 0 Å². The van der Waals surface area contributed by atoms with E-state index in [-0.39, 0.29) is 15.8 Å². The van der Waals surface area contributed by atoms with E-state index in [2.05, 4.69) is 51.0 Å². The van der Waals surface area contributed by atoms with Gasteiger partial charge in [-0.15, -0.1) is 15.8 Å². The van der Waals surface area contributed by atoms with E-state index in [0.29, 0.717) is 0 Å². The van der Waals surface area contributed by atoms with Crippen LogP contribution in [0.3, 0.4) is 0 Å². The fraction of sp³-hybridized carbons (Fsp3) is 0.667. The maximum Gasteiger partial charge on any atom is -0.00718 e. The first kappa shape index (κ1) is 10.8. The highest BCUT2D eigenvalue weighted by Crippen LogP contribution is 2.63. The second-order valence-electron chi connectivity index (χ2n) is 4.83. The topological polar surface area (TPSA) is 0 Å². The molecule has 2 aliphatic carbocycles. The van der Waals surface area contributed by atoms with Crippen molar-refractivity contribution in [3.8, 4) is 0 Å². The van der Waals surface area contributed by atoms with E-state index < -0.39 is 0 Å². The lowest BCUT2D eigenvalue weighted by molar-refractivity contribution is 0.303. The molecule has 1 fully saturated rings. The van der Waals surface area contributed by atoms with Crippen LogP contribution in [0.5, 0.6) is 0 Å². The maximum absolute atomic E-state index is 2.45. The largest absolute Gasteiger partial charge is 0.109 e. The minimum atomic E-state index is 0.241. The summed E-state index contributed by atoms with van der Waals surface area (Å²) in [5.41, 5.74) is 2.02. The molecule has 78 valence electrons. The van der Waals surface area contributed by atoms with E-state index >= 15 is 0 Å². The lowest BCUT2D eigenvalue weighted by Crippen LogP contribution is -2.51. The van der Waals surface area contributed by atoms with Crippen LogP contribution in [0.15, 0.2) is 24.3 Å². The third kappa shape index (κ3) is 1.62. The number of allylic oxidation sites excluding steroid dienone is 4. The Hall–Kier alpha value is 0.340. The normalized spacial score (nSPS) is 40.1. The summed E-state index contributed by atoms with van der Waals surface area (Å²) in [6.07, 6.45) is 9.40. The Morgan fingerprint density at radius 3 is 1.36 bits per heavy atom. The van der Waals surface area contributed by atoms with E-state index in [4.69, 9.17) is 0 Å². The van der Waals surface area contributed by atoms with Crippen LogP contribution in [-0.2, 0) is 0 Å². The molecule has 0 N–H and O–H groups in total. The van der Waals surface area contributed by atoms with Gasteiger partial charge in [-0.1, -0.05) is 24.3 Å². The molecule has 0 aromatic carbocycles.